The second-order valence-corrected chi connectivity index (χ2v) is 4.63. The molecule has 1 fully saturated rings. The monoisotopic (exact) mass is 180 g/mol. The van der Waals surface area contributed by atoms with Gasteiger partial charge in [0.1, 0.15) is 0 Å². The molecule has 3 atom stereocenters. The summed E-state index contributed by atoms with van der Waals surface area (Å²) >= 11 is 0. The minimum absolute atomic E-state index is 0.140. The van der Waals surface area contributed by atoms with Crippen molar-refractivity contribution in [2.45, 2.75) is 26.7 Å². The smallest absolute Gasteiger partial charge is 0.333 e. The van der Waals surface area contributed by atoms with E-state index in [0.29, 0.717) is 11.3 Å². The predicted octanol–water partition coefficient (Wildman–Crippen LogP) is 2.15. The van der Waals surface area contributed by atoms with Crippen LogP contribution in [-0.4, -0.2) is 13.1 Å². The Balaban J connectivity index is 2.24. The van der Waals surface area contributed by atoms with Crippen LogP contribution in [0.1, 0.15) is 26.7 Å². The van der Waals surface area contributed by atoms with Crippen molar-refractivity contribution >= 4 is 5.97 Å². The van der Waals surface area contributed by atoms with Gasteiger partial charge in [0.15, 0.2) is 0 Å². The van der Waals surface area contributed by atoms with Crippen molar-refractivity contribution in [1.29, 1.82) is 0 Å². The van der Waals surface area contributed by atoms with E-state index in [9.17, 15) is 4.79 Å². The number of esters is 1. The van der Waals surface area contributed by atoms with Crippen LogP contribution >= 0.6 is 0 Å². The summed E-state index contributed by atoms with van der Waals surface area (Å²) in [5.74, 6) is 1.06. The summed E-state index contributed by atoms with van der Waals surface area (Å²) in [5.41, 5.74) is 1.20. The number of allylic oxidation sites excluding steroid dienone is 1. The van der Waals surface area contributed by atoms with Gasteiger partial charge in [0.25, 0.3) is 0 Å². The molecule has 0 amide bonds. The molecule has 2 heteroatoms. The first-order chi connectivity index (χ1) is 6.07. The molecule has 0 heterocycles. The Bertz CT molecular complexity index is 280. The second-order valence-electron chi connectivity index (χ2n) is 4.63. The van der Waals surface area contributed by atoms with E-state index >= 15 is 0 Å². The fourth-order valence-electron chi connectivity index (χ4n) is 2.43. The summed E-state index contributed by atoms with van der Waals surface area (Å²) in [7, 11) is 1.46. The minimum atomic E-state index is -0.140. The van der Waals surface area contributed by atoms with Gasteiger partial charge < -0.3 is 4.74 Å². The Morgan fingerprint density at radius 3 is 3.00 bits per heavy atom. The van der Waals surface area contributed by atoms with Crippen molar-refractivity contribution in [3.8, 4) is 0 Å². The van der Waals surface area contributed by atoms with E-state index in [1.807, 2.05) is 0 Å². The first-order valence-electron chi connectivity index (χ1n) is 4.88. The molecule has 0 radical (unpaired) electrons. The van der Waals surface area contributed by atoms with Crippen molar-refractivity contribution in [2.75, 3.05) is 7.11 Å². The standard InChI is InChI=1S/C11H16O2/c1-7-4-8-5-11(8,2)6-9(7)10(12)13-3/h6-8H,4-5H2,1-3H3. The molecule has 3 unspecified atom stereocenters. The Morgan fingerprint density at radius 2 is 2.38 bits per heavy atom. The molecule has 0 aromatic rings. The van der Waals surface area contributed by atoms with E-state index in [2.05, 4.69) is 19.9 Å². The van der Waals surface area contributed by atoms with E-state index in [-0.39, 0.29) is 5.97 Å². The van der Waals surface area contributed by atoms with Crippen molar-refractivity contribution in [1.82, 2.24) is 0 Å². The quantitative estimate of drug-likeness (QED) is 0.578. The highest BCUT2D eigenvalue weighted by molar-refractivity contribution is 5.89. The highest BCUT2D eigenvalue weighted by Crippen LogP contribution is 2.60. The van der Waals surface area contributed by atoms with Crippen LogP contribution in [-0.2, 0) is 9.53 Å². The van der Waals surface area contributed by atoms with E-state index in [0.717, 1.165) is 17.9 Å². The maximum Gasteiger partial charge on any atom is 0.333 e. The summed E-state index contributed by atoms with van der Waals surface area (Å²) in [6, 6.07) is 0. The molecule has 13 heavy (non-hydrogen) atoms. The molecular formula is C11H16O2. The number of hydrogen-bond donors (Lipinski definition) is 0. The lowest BCUT2D eigenvalue weighted by molar-refractivity contribution is -0.136. The van der Waals surface area contributed by atoms with Gasteiger partial charge in [-0.05, 0) is 30.1 Å². The Hall–Kier alpha value is -0.790. The van der Waals surface area contributed by atoms with Gasteiger partial charge in [-0.2, -0.15) is 0 Å². The number of carbonyl (C=O) groups is 1. The SMILES string of the molecule is COC(=O)C1=CC2(C)CC2CC1C. The fourth-order valence-corrected chi connectivity index (χ4v) is 2.43. The first-order valence-corrected chi connectivity index (χ1v) is 4.88. The third-order valence-electron chi connectivity index (χ3n) is 3.53. The van der Waals surface area contributed by atoms with Crippen molar-refractivity contribution in [3.63, 3.8) is 0 Å². The average Bonchev–Trinajstić information content (AvgIpc) is 2.73. The fraction of sp³-hybridized carbons (Fsp3) is 0.727. The van der Waals surface area contributed by atoms with Crippen LogP contribution in [0.25, 0.3) is 0 Å². The summed E-state index contributed by atoms with van der Waals surface area (Å²) in [4.78, 5) is 11.4. The van der Waals surface area contributed by atoms with E-state index in [1.165, 1.54) is 13.5 Å². The van der Waals surface area contributed by atoms with Gasteiger partial charge in [-0.3, -0.25) is 0 Å². The third kappa shape index (κ3) is 1.28. The highest BCUT2D eigenvalue weighted by Gasteiger charge is 2.52. The predicted molar refractivity (Wildman–Crippen MR) is 50.1 cm³/mol. The van der Waals surface area contributed by atoms with E-state index < -0.39 is 0 Å². The van der Waals surface area contributed by atoms with Gasteiger partial charge in [-0.25, -0.2) is 4.79 Å². The van der Waals surface area contributed by atoms with Gasteiger partial charge in [-0.15, -0.1) is 0 Å². The van der Waals surface area contributed by atoms with Crippen LogP contribution in [0, 0.1) is 17.3 Å². The molecular weight excluding hydrogens is 164 g/mol. The van der Waals surface area contributed by atoms with Crippen LogP contribution in [0.3, 0.4) is 0 Å². The van der Waals surface area contributed by atoms with Gasteiger partial charge >= 0.3 is 5.97 Å². The minimum Gasteiger partial charge on any atom is -0.466 e. The van der Waals surface area contributed by atoms with Crippen LogP contribution in [0.15, 0.2) is 11.6 Å². The number of rotatable bonds is 1. The zero-order valence-electron chi connectivity index (χ0n) is 8.46. The van der Waals surface area contributed by atoms with Crippen molar-refractivity contribution in [2.24, 2.45) is 17.3 Å². The lowest BCUT2D eigenvalue weighted by atomic mass is 9.84. The molecule has 0 aromatic carbocycles. The molecule has 2 rings (SSSR count). The largest absolute Gasteiger partial charge is 0.466 e. The number of fused-ring (bicyclic) bond motifs is 1. The molecule has 1 saturated carbocycles. The maximum absolute atomic E-state index is 11.4. The zero-order valence-corrected chi connectivity index (χ0v) is 8.46. The summed E-state index contributed by atoms with van der Waals surface area (Å²) in [6.07, 6.45) is 4.53. The summed E-state index contributed by atoms with van der Waals surface area (Å²) < 4.78 is 4.76. The van der Waals surface area contributed by atoms with Gasteiger partial charge in [0.05, 0.1) is 7.11 Å². The number of hydrogen-bond acceptors (Lipinski definition) is 2. The lowest BCUT2D eigenvalue weighted by Gasteiger charge is -2.21. The van der Waals surface area contributed by atoms with Crippen LogP contribution in [0.2, 0.25) is 0 Å². The second kappa shape index (κ2) is 2.60. The zero-order chi connectivity index (χ0) is 9.64. The Labute approximate surface area is 79.0 Å². The number of ether oxygens (including phenoxy) is 1. The Kier molecular flexibility index (Phi) is 1.76. The molecule has 72 valence electrons. The van der Waals surface area contributed by atoms with Crippen LogP contribution < -0.4 is 0 Å². The topological polar surface area (TPSA) is 26.3 Å². The molecule has 2 aliphatic rings. The molecule has 2 nitrogen and oxygen atoms in total. The Morgan fingerprint density at radius 1 is 1.69 bits per heavy atom. The first kappa shape index (κ1) is 8.79. The molecule has 0 N–H and O–H groups in total. The van der Waals surface area contributed by atoms with Crippen molar-refractivity contribution in [3.05, 3.63) is 11.6 Å². The number of methoxy groups -OCH3 is 1. The average molecular weight is 180 g/mol. The summed E-state index contributed by atoms with van der Waals surface area (Å²) in [5, 5.41) is 0. The molecule has 0 spiro atoms. The van der Waals surface area contributed by atoms with Gasteiger partial charge in [-0.1, -0.05) is 19.9 Å². The molecule has 0 aromatic heterocycles. The maximum atomic E-state index is 11.4. The third-order valence-corrected chi connectivity index (χ3v) is 3.53. The van der Waals surface area contributed by atoms with E-state index in [4.69, 9.17) is 4.74 Å². The lowest BCUT2D eigenvalue weighted by Crippen LogP contribution is -2.19. The van der Waals surface area contributed by atoms with Crippen LogP contribution in [0.5, 0.6) is 0 Å². The normalized spacial score (nSPS) is 41.9. The van der Waals surface area contributed by atoms with E-state index in [1.54, 1.807) is 0 Å². The number of carbonyl (C=O) groups excluding carboxylic acids is 1. The van der Waals surface area contributed by atoms with Gasteiger partial charge in [0, 0.05) is 5.57 Å². The van der Waals surface area contributed by atoms with Crippen molar-refractivity contribution < 1.29 is 9.53 Å². The van der Waals surface area contributed by atoms with Gasteiger partial charge in [0.2, 0.25) is 0 Å². The molecule has 0 bridgehead atoms. The highest BCUT2D eigenvalue weighted by atomic mass is 16.5. The molecule has 0 aliphatic heterocycles. The van der Waals surface area contributed by atoms with Crippen LogP contribution in [0.4, 0.5) is 0 Å². The summed E-state index contributed by atoms with van der Waals surface area (Å²) in [6.45, 7) is 4.34. The molecule has 0 saturated heterocycles. The molecule has 2 aliphatic carbocycles.